The molecular formula is C61H108O5. The van der Waals surface area contributed by atoms with E-state index in [1.807, 2.05) is 0 Å². The van der Waals surface area contributed by atoms with Crippen molar-refractivity contribution in [3.05, 3.63) is 72.9 Å². The summed E-state index contributed by atoms with van der Waals surface area (Å²) >= 11 is 0. The van der Waals surface area contributed by atoms with Gasteiger partial charge in [-0.15, -0.1) is 0 Å². The summed E-state index contributed by atoms with van der Waals surface area (Å²) in [5, 5.41) is 0. The predicted octanol–water partition coefficient (Wildman–Crippen LogP) is 19.5. The summed E-state index contributed by atoms with van der Waals surface area (Å²) in [6, 6.07) is 0. The van der Waals surface area contributed by atoms with Crippen molar-refractivity contribution < 1.29 is 23.8 Å². The summed E-state index contributed by atoms with van der Waals surface area (Å²) in [7, 11) is 0. The summed E-state index contributed by atoms with van der Waals surface area (Å²) in [6.45, 7) is 7.65. The van der Waals surface area contributed by atoms with Crippen LogP contribution in [0.2, 0.25) is 0 Å². The van der Waals surface area contributed by atoms with Crippen molar-refractivity contribution >= 4 is 11.9 Å². The number of hydrogen-bond acceptors (Lipinski definition) is 5. The minimum atomic E-state index is -0.550. The highest BCUT2D eigenvalue weighted by Crippen LogP contribution is 2.16. The number of carbonyl (C=O) groups excluding carboxylic acids is 2. The molecule has 0 radical (unpaired) electrons. The molecule has 5 nitrogen and oxygen atoms in total. The summed E-state index contributed by atoms with van der Waals surface area (Å²) in [5.41, 5.74) is 0. The summed E-state index contributed by atoms with van der Waals surface area (Å²) in [5.74, 6) is -0.410. The van der Waals surface area contributed by atoms with Crippen molar-refractivity contribution in [2.75, 3.05) is 19.8 Å². The lowest BCUT2D eigenvalue weighted by molar-refractivity contribution is -0.163. The van der Waals surface area contributed by atoms with Crippen molar-refractivity contribution in [2.24, 2.45) is 0 Å². The third kappa shape index (κ3) is 54.0. The lowest BCUT2D eigenvalue weighted by atomic mass is 10.0. The Morgan fingerprint density at radius 1 is 0.348 bits per heavy atom. The Bertz CT molecular complexity index is 1180. The van der Waals surface area contributed by atoms with E-state index in [0.29, 0.717) is 19.4 Å². The van der Waals surface area contributed by atoms with Gasteiger partial charge in [-0.3, -0.25) is 9.59 Å². The first-order chi connectivity index (χ1) is 32.6. The van der Waals surface area contributed by atoms with Crippen LogP contribution in [-0.2, 0) is 23.8 Å². The number of hydrogen-bond donors (Lipinski definition) is 0. The van der Waals surface area contributed by atoms with Gasteiger partial charge in [0.05, 0.1) is 6.61 Å². The van der Waals surface area contributed by atoms with Crippen LogP contribution in [0.4, 0.5) is 0 Å². The van der Waals surface area contributed by atoms with Crippen LogP contribution >= 0.6 is 0 Å². The summed E-state index contributed by atoms with van der Waals surface area (Å²) in [4.78, 5) is 25.5. The molecule has 0 aromatic carbocycles. The largest absolute Gasteiger partial charge is 0.462 e. The molecule has 0 aliphatic heterocycles. The normalized spacial score (nSPS) is 12.7. The topological polar surface area (TPSA) is 61.8 Å². The zero-order chi connectivity index (χ0) is 47.7. The highest BCUT2D eigenvalue weighted by atomic mass is 16.6. The first kappa shape index (κ1) is 63.3. The maximum Gasteiger partial charge on any atom is 0.306 e. The number of esters is 2. The molecule has 1 atom stereocenters. The monoisotopic (exact) mass is 921 g/mol. The molecule has 0 aromatic heterocycles. The van der Waals surface area contributed by atoms with Crippen molar-refractivity contribution in [3.8, 4) is 0 Å². The first-order valence-electron chi connectivity index (χ1n) is 28.5. The molecule has 0 N–H and O–H groups in total. The van der Waals surface area contributed by atoms with Crippen LogP contribution in [0.15, 0.2) is 72.9 Å². The zero-order valence-corrected chi connectivity index (χ0v) is 44.0. The van der Waals surface area contributed by atoms with Gasteiger partial charge in [0.25, 0.3) is 0 Å². The van der Waals surface area contributed by atoms with Crippen molar-refractivity contribution in [2.45, 2.75) is 284 Å². The number of carbonyl (C=O) groups is 2. The van der Waals surface area contributed by atoms with Gasteiger partial charge in [0.1, 0.15) is 6.61 Å². The lowest BCUT2D eigenvalue weighted by Gasteiger charge is -2.18. The molecule has 382 valence electrons. The Labute approximate surface area is 410 Å². The molecule has 0 amide bonds. The fourth-order valence-corrected chi connectivity index (χ4v) is 8.01. The van der Waals surface area contributed by atoms with Crippen LogP contribution in [0.3, 0.4) is 0 Å². The highest BCUT2D eigenvalue weighted by molar-refractivity contribution is 5.70. The Morgan fingerprint density at radius 2 is 0.712 bits per heavy atom. The SMILES string of the molecule is CC/C=C\C/C=C\C/C=C\C/C=C\CCCCCCCCCOCC(COC(=O)CCCCCCCCCCCCCCCCCCC)OC(=O)CCCCCCC/C=C\C/C=C\CCC. The second-order valence-corrected chi connectivity index (χ2v) is 18.8. The summed E-state index contributed by atoms with van der Waals surface area (Å²) in [6.07, 6.45) is 73.5. The van der Waals surface area contributed by atoms with Gasteiger partial charge in [-0.25, -0.2) is 0 Å². The van der Waals surface area contributed by atoms with E-state index in [2.05, 4.69) is 93.7 Å². The molecule has 0 aliphatic rings. The second kappa shape index (κ2) is 56.7. The molecular weight excluding hydrogens is 813 g/mol. The minimum Gasteiger partial charge on any atom is -0.462 e. The van der Waals surface area contributed by atoms with E-state index in [-0.39, 0.29) is 25.2 Å². The van der Waals surface area contributed by atoms with Crippen molar-refractivity contribution in [1.82, 2.24) is 0 Å². The van der Waals surface area contributed by atoms with Gasteiger partial charge in [-0.2, -0.15) is 0 Å². The van der Waals surface area contributed by atoms with Gasteiger partial charge in [-0.05, 0) is 83.5 Å². The fourth-order valence-electron chi connectivity index (χ4n) is 8.01. The van der Waals surface area contributed by atoms with Crippen LogP contribution < -0.4 is 0 Å². The molecule has 66 heavy (non-hydrogen) atoms. The molecule has 0 aliphatic carbocycles. The molecule has 0 spiro atoms. The molecule has 0 saturated carbocycles. The van der Waals surface area contributed by atoms with E-state index in [4.69, 9.17) is 14.2 Å². The van der Waals surface area contributed by atoms with E-state index in [1.54, 1.807) is 0 Å². The van der Waals surface area contributed by atoms with Crippen LogP contribution in [0, 0.1) is 0 Å². The number of unbranched alkanes of at least 4 members (excludes halogenated alkanes) is 29. The Kier molecular flexibility index (Phi) is 54.4. The van der Waals surface area contributed by atoms with Crippen LogP contribution in [-0.4, -0.2) is 37.9 Å². The van der Waals surface area contributed by atoms with Gasteiger partial charge in [0.2, 0.25) is 0 Å². The van der Waals surface area contributed by atoms with Crippen molar-refractivity contribution in [1.29, 1.82) is 0 Å². The van der Waals surface area contributed by atoms with E-state index in [1.165, 1.54) is 161 Å². The Hall–Kier alpha value is -2.66. The molecule has 0 fully saturated rings. The van der Waals surface area contributed by atoms with Gasteiger partial charge in [-0.1, -0.05) is 254 Å². The van der Waals surface area contributed by atoms with Crippen LogP contribution in [0.1, 0.15) is 278 Å². The fraction of sp³-hybridized carbons (Fsp3) is 0.770. The number of rotatable bonds is 52. The predicted molar refractivity (Wildman–Crippen MR) is 288 cm³/mol. The Morgan fingerprint density at radius 3 is 1.15 bits per heavy atom. The third-order valence-corrected chi connectivity index (χ3v) is 12.2. The molecule has 0 aromatic rings. The lowest BCUT2D eigenvalue weighted by Crippen LogP contribution is -2.30. The zero-order valence-electron chi connectivity index (χ0n) is 44.0. The third-order valence-electron chi connectivity index (χ3n) is 12.2. The van der Waals surface area contributed by atoms with E-state index < -0.39 is 6.10 Å². The molecule has 0 rings (SSSR count). The van der Waals surface area contributed by atoms with Gasteiger partial charge < -0.3 is 14.2 Å². The molecule has 5 heteroatoms. The maximum atomic E-state index is 12.8. The average Bonchev–Trinajstić information content (AvgIpc) is 3.32. The second-order valence-electron chi connectivity index (χ2n) is 18.8. The summed E-state index contributed by atoms with van der Waals surface area (Å²) < 4.78 is 17.5. The van der Waals surface area contributed by atoms with Crippen LogP contribution in [0.25, 0.3) is 0 Å². The quantitative estimate of drug-likeness (QED) is 0.0346. The maximum absolute atomic E-state index is 12.8. The first-order valence-corrected chi connectivity index (χ1v) is 28.5. The standard InChI is InChI=1S/C61H108O5/c1-4-7-10-13-16-19-22-25-27-29-30-31-33-35-38-41-44-47-50-53-56-64-57-59(66-61(63)55-52-49-46-43-40-36-24-21-18-15-12-9-6-3)58-65-60(62)54-51-48-45-42-39-37-34-32-28-26-23-20-17-14-11-8-5-2/h7,10,12,15-16,19,21,24-25,27,30-31,59H,4-6,8-9,11,13-14,17-18,20,22-23,26,28-29,32-58H2,1-3H3/b10-7-,15-12-,19-16-,24-21-,27-25-,31-30-. The number of ether oxygens (including phenoxy) is 3. The van der Waals surface area contributed by atoms with E-state index >= 15 is 0 Å². The number of allylic oxidation sites excluding steroid dienone is 12. The molecule has 0 saturated heterocycles. The van der Waals surface area contributed by atoms with E-state index in [9.17, 15) is 9.59 Å². The van der Waals surface area contributed by atoms with Gasteiger partial charge in [0, 0.05) is 19.4 Å². The van der Waals surface area contributed by atoms with Crippen LogP contribution in [0.5, 0.6) is 0 Å². The van der Waals surface area contributed by atoms with Crippen molar-refractivity contribution in [3.63, 3.8) is 0 Å². The molecule has 0 heterocycles. The van der Waals surface area contributed by atoms with Gasteiger partial charge in [0.15, 0.2) is 6.10 Å². The smallest absolute Gasteiger partial charge is 0.306 e. The van der Waals surface area contributed by atoms with E-state index in [0.717, 1.165) is 83.5 Å². The highest BCUT2D eigenvalue weighted by Gasteiger charge is 2.17. The molecule has 0 bridgehead atoms. The Balaban J connectivity index is 4.26. The average molecular weight is 922 g/mol. The van der Waals surface area contributed by atoms with Gasteiger partial charge >= 0.3 is 11.9 Å². The minimum absolute atomic E-state index is 0.0758. The molecule has 1 unspecified atom stereocenters.